The highest BCUT2D eigenvalue weighted by Crippen LogP contribution is 2.51. The van der Waals surface area contributed by atoms with Gasteiger partial charge in [0, 0.05) is 0 Å². The molecule has 3 aliphatic rings. The van der Waals surface area contributed by atoms with Crippen LogP contribution in [0.4, 0.5) is 4.39 Å². The van der Waals surface area contributed by atoms with Crippen LogP contribution in [-0.2, 0) is 0 Å². The van der Waals surface area contributed by atoms with Gasteiger partial charge in [-0.3, -0.25) is 0 Å². The summed E-state index contributed by atoms with van der Waals surface area (Å²) in [7, 11) is 0. The number of hydrogen-bond acceptors (Lipinski definition) is 0. The Labute approximate surface area is 84.9 Å². The van der Waals surface area contributed by atoms with Gasteiger partial charge in [-0.05, 0) is 61.5 Å². The Morgan fingerprint density at radius 2 is 1.86 bits per heavy atom. The maximum atomic E-state index is 14.1. The average molecular weight is 192 g/mol. The van der Waals surface area contributed by atoms with E-state index in [2.05, 4.69) is 6.92 Å². The Hall–Kier alpha value is -0.590. The summed E-state index contributed by atoms with van der Waals surface area (Å²) < 4.78 is 14.1. The average Bonchev–Trinajstić information content (AvgIpc) is 2.82. The van der Waals surface area contributed by atoms with E-state index < -0.39 is 0 Å². The highest BCUT2D eigenvalue weighted by molar-refractivity contribution is 5.44. The van der Waals surface area contributed by atoms with Crippen LogP contribution >= 0.6 is 0 Å². The van der Waals surface area contributed by atoms with Gasteiger partial charge in [-0.25, -0.2) is 4.39 Å². The molecule has 1 fully saturated rings. The van der Waals surface area contributed by atoms with Crippen molar-refractivity contribution in [2.75, 3.05) is 0 Å². The van der Waals surface area contributed by atoms with Crippen LogP contribution in [0.25, 0.3) is 0 Å². The summed E-state index contributed by atoms with van der Waals surface area (Å²) in [5.41, 5.74) is 3.72. The largest absolute Gasteiger partial charge is 0.207 e. The first-order valence-electron chi connectivity index (χ1n) is 5.90. The van der Waals surface area contributed by atoms with E-state index in [1.165, 1.54) is 24.8 Å². The molecule has 1 heteroatoms. The van der Waals surface area contributed by atoms with Crippen LogP contribution in [0.15, 0.2) is 22.5 Å². The van der Waals surface area contributed by atoms with Gasteiger partial charge in [0.25, 0.3) is 0 Å². The van der Waals surface area contributed by atoms with Crippen LogP contribution in [0.2, 0.25) is 0 Å². The van der Waals surface area contributed by atoms with Crippen molar-refractivity contribution in [1.82, 2.24) is 0 Å². The zero-order valence-electron chi connectivity index (χ0n) is 8.78. The summed E-state index contributed by atoms with van der Waals surface area (Å²) >= 11 is 0. The van der Waals surface area contributed by atoms with E-state index in [9.17, 15) is 4.39 Å². The summed E-state index contributed by atoms with van der Waals surface area (Å²) in [6, 6.07) is 0. The van der Waals surface area contributed by atoms with Crippen LogP contribution in [0.1, 0.15) is 45.4 Å². The van der Waals surface area contributed by atoms with Gasteiger partial charge in [0.15, 0.2) is 0 Å². The maximum Gasteiger partial charge on any atom is 0.125 e. The van der Waals surface area contributed by atoms with Crippen molar-refractivity contribution >= 4 is 0 Å². The molecule has 1 saturated carbocycles. The predicted molar refractivity (Wildman–Crippen MR) is 55.5 cm³/mol. The van der Waals surface area contributed by atoms with E-state index in [-0.39, 0.29) is 5.83 Å². The molecule has 0 aliphatic heterocycles. The van der Waals surface area contributed by atoms with Crippen molar-refractivity contribution in [1.29, 1.82) is 0 Å². The van der Waals surface area contributed by atoms with E-state index in [1.54, 1.807) is 0 Å². The van der Waals surface area contributed by atoms with Crippen LogP contribution < -0.4 is 0 Å². The molecule has 0 spiro atoms. The summed E-state index contributed by atoms with van der Waals surface area (Å²) in [6.07, 6.45) is 6.80. The second-order valence-electron chi connectivity index (χ2n) is 4.98. The Balaban J connectivity index is 2.10. The Bertz CT molecular complexity index is 335. The second-order valence-corrected chi connectivity index (χ2v) is 4.98. The quantitative estimate of drug-likeness (QED) is 0.541. The van der Waals surface area contributed by atoms with Crippen LogP contribution in [-0.4, -0.2) is 0 Å². The van der Waals surface area contributed by atoms with Gasteiger partial charge in [0.2, 0.25) is 0 Å². The SMILES string of the molecule is CC1C2=C(CCC2)C(F)=C2CCCC21. The molecule has 3 rings (SSSR count). The molecule has 0 radical (unpaired) electrons. The van der Waals surface area contributed by atoms with E-state index in [1.807, 2.05) is 0 Å². The van der Waals surface area contributed by atoms with Crippen molar-refractivity contribution in [2.45, 2.75) is 45.4 Å². The van der Waals surface area contributed by atoms with Gasteiger partial charge >= 0.3 is 0 Å². The minimum atomic E-state index is 0.207. The molecular formula is C13H17F. The molecular weight excluding hydrogens is 175 g/mol. The summed E-state index contributed by atoms with van der Waals surface area (Å²) in [6.45, 7) is 2.31. The van der Waals surface area contributed by atoms with E-state index in [0.29, 0.717) is 11.8 Å². The van der Waals surface area contributed by atoms with Gasteiger partial charge in [-0.1, -0.05) is 12.5 Å². The molecule has 0 N–H and O–H groups in total. The van der Waals surface area contributed by atoms with Crippen LogP contribution in [0, 0.1) is 11.8 Å². The number of allylic oxidation sites excluding steroid dienone is 4. The van der Waals surface area contributed by atoms with Crippen molar-refractivity contribution < 1.29 is 4.39 Å². The topological polar surface area (TPSA) is 0 Å². The Kier molecular flexibility index (Phi) is 1.83. The summed E-state index contributed by atoms with van der Waals surface area (Å²) in [5, 5.41) is 0. The lowest BCUT2D eigenvalue weighted by atomic mass is 9.77. The number of hydrogen-bond donors (Lipinski definition) is 0. The molecule has 2 atom stereocenters. The molecule has 0 bridgehead atoms. The third kappa shape index (κ3) is 0.986. The van der Waals surface area contributed by atoms with E-state index >= 15 is 0 Å². The molecule has 0 nitrogen and oxygen atoms in total. The molecule has 0 aromatic carbocycles. The van der Waals surface area contributed by atoms with Crippen molar-refractivity contribution in [2.24, 2.45) is 11.8 Å². The standard InChI is InChI=1S/C13H17F/c1-8-9-4-2-6-11(9)13(14)12-7-3-5-10(8)12/h8-9H,2-7H2,1H3. The van der Waals surface area contributed by atoms with Crippen molar-refractivity contribution in [3.05, 3.63) is 22.5 Å². The van der Waals surface area contributed by atoms with E-state index in [4.69, 9.17) is 0 Å². The normalized spacial score (nSPS) is 36.4. The van der Waals surface area contributed by atoms with Gasteiger partial charge in [0.05, 0.1) is 0 Å². The lowest BCUT2D eigenvalue weighted by Gasteiger charge is -2.28. The van der Waals surface area contributed by atoms with Gasteiger partial charge in [-0.15, -0.1) is 0 Å². The van der Waals surface area contributed by atoms with Gasteiger partial charge < -0.3 is 0 Å². The lowest BCUT2D eigenvalue weighted by molar-refractivity contribution is 0.437. The third-order valence-corrected chi connectivity index (χ3v) is 4.37. The Morgan fingerprint density at radius 1 is 1.07 bits per heavy atom. The monoisotopic (exact) mass is 192 g/mol. The first-order chi connectivity index (χ1) is 6.79. The molecule has 76 valence electrons. The highest BCUT2D eigenvalue weighted by atomic mass is 19.1. The minimum absolute atomic E-state index is 0.207. The smallest absolute Gasteiger partial charge is 0.125 e. The van der Waals surface area contributed by atoms with Gasteiger partial charge in [-0.2, -0.15) is 0 Å². The second kappa shape index (κ2) is 2.95. The maximum absolute atomic E-state index is 14.1. The van der Waals surface area contributed by atoms with Crippen molar-refractivity contribution in [3.63, 3.8) is 0 Å². The number of fused-ring (bicyclic) bond motifs is 1. The summed E-state index contributed by atoms with van der Waals surface area (Å²) in [5.74, 6) is 1.41. The highest BCUT2D eigenvalue weighted by Gasteiger charge is 2.38. The van der Waals surface area contributed by atoms with Crippen LogP contribution in [0.3, 0.4) is 0 Å². The van der Waals surface area contributed by atoms with E-state index in [0.717, 1.165) is 30.4 Å². The molecule has 0 amide bonds. The first-order valence-corrected chi connectivity index (χ1v) is 5.90. The molecule has 2 unspecified atom stereocenters. The fourth-order valence-corrected chi connectivity index (χ4v) is 3.65. The Morgan fingerprint density at radius 3 is 2.71 bits per heavy atom. The lowest BCUT2D eigenvalue weighted by Crippen LogP contribution is -2.17. The fraction of sp³-hybridized carbons (Fsp3) is 0.692. The minimum Gasteiger partial charge on any atom is -0.207 e. The predicted octanol–water partition coefficient (Wildman–Crippen LogP) is 4.14. The van der Waals surface area contributed by atoms with Crippen molar-refractivity contribution in [3.8, 4) is 0 Å². The number of halogens is 1. The third-order valence-electron chi connectivity index (χ3n) is 4.37. The molecule has 14 heavy (non-hydrogen) atoms. The molecule has 3 aliphatic carbocycles. The molecule has 0 heterocycles. The first kappa shape index (κ1) is 8.70. The molecule has 0 aromatic heterocycles. The molecule has 0 aromatic rings. The zero-order valence-corrected chi connectivity index (χ0v) is 8.78. The van der Waals surface area contributed by atoms with Gasteiger partial charge in [0.1, 0.15) is 5.83 Å². The molecule has 0 saturated heterocycles. The fourth-order valence-electron chi connectivity index (χ4n) is 3.65. The zero-order chi connectivity index (χ0) is 9.71. The van der Waals surface area contributed by atoms with Crippen LogP contribution in [0.5, 0.6) is 0 Å². The number of rotatable bonds is 0. The summed E-state index contributed by atoms with van der Waals surface area (Å²) in [4.78, 5) is 0.